The molecule has 1 rings (SSSR count). The number of pyridine rings is 1. The highest BCUT2D eigenvalue weighted by atomic mass is 16.5. The van der Waals surface area contributed by atoms with Crippen molar-refractivity contribution in [1.29, 1.82) is 0 Å². The summed E-state index contributed by atoms with van der Waals surface area (Å²) in [4.78, 5) is 4.63. The minimum atomic E-state index is 0.228. The minimum Gasteiger partial charge on any atom is -0.475 e. The molecular formula is C17H30N2O. The van der Waals surface area contributed by atoms with E-state index in [1.165, 1.54) is 5.56 Å². The summed E-state index contributed by atoms with van der Waals surface area (Å²) in [7, 11) is 0. The summed E-state index contributed by atoms with van der Waals surface area (Å²) in [6.07, 6.45) is 3.58. The van der Waals surface area contributed by atoms with E-state index in [1.54, 1.807) is 0 Å². The van der Waals surface area contributed by atoms with E-state index < -0.39 is 0 Å². The number of ether oxygens (including phenoxy) is 1. The number of hydrogen-bond acceptors (Lipinski definition) is 3. The summed E-state index contributed by atoms with van der Waals surface area (Å²) in [5.41, 5.74) is 2.37. The van der Waals surface area contributed by atoms with Crippen molar-refractivity contribution in [2.75, 3.05) is 6.54 Å². The third-order valence-electron chi connectivity index (χ3n) is 3.25. The highest BCUT2D eigenvalue weighted by Gasteiger charge is 2.09. The first kappa shape index (κ1) is 17.0. The third-order valence-corrected chi connectivity index (χ3v) is 3.25. The summed E-state index contributed by atoms with van der Waals surface area (Å²) in [6.45, 7) is 12.7. The molecule has 0 aliphatic heterocycles. The minimum absolute atomic E-state index is 0.228. The Labute approximate surface area is 124 Å². The Balaban J connectivity index is 2.81. The molecule has 0 aliphatic rings. The Morgan fingerprint density at radius 1 is 1.15 bits per heavy atom. The van der Waals surface area contributed by atoms with Crippen LogP contribution in [0.2, 0.25) is 0 Å². The topological polar surface area (TPSA) is 34.1 Å². The molecule has 0 saturated carbocycles. The van der Waals surface area contributed by atoms with E-state index in [2.05, 4.69) is 57.1 Å². The third kappa shape index (κ3) is 5.91. The zero-order valence-corrected chi connectivity index (χ0v) is 13.7. The van der Waals surface area contributed by atoms with Crippen LogP contribution in [-0.2, 0) is 6.54 Å². The molecule has 3 heteroatoms. The molecule has 20 heavy (non-hydrogen) atoms. The quantitative estimate of drug-likeness (QED) is 0.685. The highest BCUT2D eigenvalue weighted by molar-refractivity contribution is 5.26. The molecule has 1 heterocycles. The number of hydrogen-bond donors (Lipinski definition) is 1. The molecule has 1 aromatic rings. The molecular weight excluding hydrogens is 248 g/mol. The standard InChI is InChI=1S/C17H30N2O/c1-6-8-14(5)20-17-11-15(12-18-9-7-2)10-16(19-17)13(3)4/h10-11,13-14,18H,6-9,12H2,1-5H3. The van der Waals surface area contributed by atoms with E-state index in [1.807, 2.05) is 0 Å². The van der Waals surface area contributed by atoms with Crippen LogP contribution in [0.25, 0.3) is 0 Å². The van der Waals surface area contributed by atoms with Gasteiger partial charge < -0.3 is 10.1 Å². The van der Waals surface area contributed by atoms with Crippen molar-refractivity contribution < 1.29 is 4.74 Å². The van der Waals surface area contributed by atoms with Crippen molar-refractivity contribution in [3.05, 3.63) is 23.4 Å². The SMILES string of the molecule is CCCNCc1cc(OC(C)CCC)nc(C(C)C)c1. The first-order valence-electron chi connectivity index (χ1n) is 7.95. The average Bonchev–Trinajstić information content (AvgIpc) is 2.39. The second-order valence-electron chi connectivity index (χ2n) is 5.79. The molecule has 0 aliphatic carbocycles. The lowest BCUT2D eigenvalue weighted by Gasteiger charge is -2.16. The highest BCUT2D eigenvalue weighted by Crippen LogP contribution is 2.20. The molecule has 3 nitrogen and oxygen atoms in total. The van der Waals surface area contributed by atoms with Crippen molar-refractivity contribution >= 4 is 0 Å². The van der Waals surface area contributed by atoms with Crippen molar-refractivity contribution in [1.82, 2.24) is 10.3 Å². The zero-order valence-electron chi connectivity index (χ0n) is 13.7. The fourth-order valence-electron chi connectivity index (χ4n) is 2.12. The van der Waals surface area contributed by atoms with Gasteiger partial charge in [0.25, 0.3) is 0 Å². The maximum Gasteiger partial charge on any atom is 0.214 e. The van der Waals surface area contributed by atoms with E-state index in [0.717, 1.165) is 43.9 Å². The molecule has 1 N–H and O–H groups in total. The van der Waals surface area contributed by atoms with E-state index in [-0.39, 0.29) is 6.10 Å². The van der Waals surface area contributed by atoms with Gasteiger partial charge in [-0.25, -0.2) is 4.98 Å². The second-order valence-corrected chi connectivity index (χ2v) is 5.79. The van der Waals surface area contributed by atoms with Crippen LogP contribution >= 0.6 is 0 Å². The Morgan fingerprint density at radius 2 is 1.90 bits per heavy atom. The number of nitrogens with one attached hydrogen (secondary N) is 1. The molecule has 1 aromatic heterocycles. The smallest absolute Gasteiger partial charge is 0.214 e. The van der Waals surface area contributed by atoms with Crippen LogP contribution in [0.5, 0.6) is 5.88 Å². The molecule has 1 unspecified atom stereocenters. The number of rotatable bonds is 9. The van der Waals surface area contributed by atoms with E-state index in [9.17, 15) is 0 Å². The lowest BCUT2D eigenvalue weighted by molar-refractivity contribution is 0.200. The van der Waals surface area contributed by atoms with Crippen molar-refractivity contribution in [2.45, 2.75) is 72.4 Å². The lowest BCUT2D eigenvalue weighted by atomic mass is 10.1. The Morgan fingerprint density at radius 3 is 2.50 bits per heavy atom. The predicted molar refractivity (Wildman–Crippen MR) is 85.3 cm³/mol. The van der Waals surface area contributed by atoms with Crippen LogP contribution in [-0.4, -0.2) is 17.6 Å². The van der Waals surface area contributed by atoms with Crippen LogP contribution in [0, 0.1) is 0 Å². The Bertz CT molecular complexity index is 391. The molecule has 0 aromatic carbocycles. The van der Waals surface area contributed by atoms with Crippen LogP contribution in [0.15, 0.2) is 12.1 Å². The number of aromatic nitrogens is 1. The van der Waals surface area contributed by atoms with Gasteiger partial charge in [0, 0.05) is 18.3 Å². The zero-order chi connectivity index (χ0) is 15.0. The van der Waals surface area contributed by atoms with Gasteiger partial charge in [0.15, 0.2) is 0 Å². The van der Waals surface area contributed by atoms with Gasteiger partial charge in [-0.3, -0.25) is 0 Å². The lowest BCUT2D eigenvalue weighted by Crippen LogP contribution is -2.16. The van der Waals surface area contributed by atoms with Gasteiger partial charge in [-0.15, -0.1) is 0 Å². The van der Waals surface area contributed by atoms with Gasteiger partial charge in [-0.05, 0) is 43.9 Å². The van der Waals surface area contributed by atoms with Crippen molar-refractivity contribution in [2.24, 2.45) is 0 Å². The largest absolute Gasteiger partial charge is 0.475 e. The fraction of sp³-hybridized carbons (Fsp3) is 0.706. The molecule has 0 bridgehead atoms. The van der Waals surface area contributed by atoms with Gasteiger partial charge in [0.2, 0.25) is 5.88 Å². The fourth-order valence-corrected chi connectivity index (χ4v) is 2.12. The summed E-state index contributed by atoms with van der Waals surface area (Å²) in [5, 5.41) is 3.44. The monoisotopic (exact) mass is 278 g/mol. The first-order valence-corrected chi connectivity index (χ1v) is 7.95. The van der Waals surface area contributed by atoms with Gasteiger partial charge in [-0.2, -0.15) is 0 Å². The molecule has 0 saturated heterocycles. The summed E-state index contributed by atoms with van der Waals surface area (Å²) in [6, 6.07) is 4.26. The van der Waals surface area contributed by atoms with Gasteiger partial charge in [0.1, 0.15) is 0 Å². The van der Waals surface area contributed by atoms with Gasteiger partial charge >= 0.3 is 0 Å². The first-order chi connectivity index (χ1) is 9.56. The number of nitrogens with zero attached hydrogens (tertiary/aromatic N) is 1. The molecule has 1 atom stereocenters. The summed E-state index contributed by atoms with van der Waals surface area (Å²) < 4.78 is 5.95. The predicted octanol–water partition coefficient (Wildman–Crippen LogP) is 4.27. The normalized spacial score (nSPS) is 12.7. The molecule has 0 radical (unpaired) electrons. The summed E-state index contributed by atoms with van der Waals surface area (Å²) in [5.74, 6) is 1.19. The van der Waals surface area contributed by atoms with Crippen LogP contribution in [0.4, 0.5) is 0 Å². The van der Waals surface area contributed by atoms with E-state index in [4.69, 9.17) is 4.74 Å². The van der Waals surface area contributed by atoms with Crippen molar-refractivity contribution in [3.8, 4) is 5.88 Å². The van der Waals surface area contributed by atoms with Crippen LogP contribution in [0.1, 0.15) is 71.1 Å². The maximum atomic E-state index is 5.95. The summed E-state index contributed by atoms with van der Waals surface area (Å²) >= 11 is 0. The Kier molecular flexibility index (Phi) is 7.60. The van der Waals surface area contributed by atoms with Gasteiger partial charge in [0.05, 0.1) is 6.10 Å². The molecule has 0 spiro atoms. The van der Waals surface area contributed by atoms with E-state index in [0.29, 0.717) is 5.92 Å². The Hall–Kier alpha value is -1.09. The molecule has 114 valence electrons. The second kappa shape index (κ2) is 8.96. The van der Waals surface area contributed by atoms with Crippen LogP contribution < -0.4 is 10.1 Å². The average molecular weight is 278 g/mol. The molecule has 0 fully saturated rings. The maximum absolute atomic E-state index is 5.95. The molecule has 0 amide bonds. The van der Waals surface area contributed by atoms with Crippen LogP contribution in [0.3, 0.4) is 0 Å². The van der Waals surface area contributed by atoms with Crippen molar-refractivity contribution in [3.63, 3.8) is 0 Å². The van der Waals surface area contributed by atoms with Gasteiger partial charge in [-0.1, -0.05) is 34.1 Å². The van der Waals surface area contributed by atoms with E-state index >= 15 is 0 Å².